The number of H-pyrrole nitrogens is 1. The zero-order valence-electron chi connectivity index (χ0n) is 15.9. The molecule has 27 heavy (non-hydrogen) atoms. The molecule has 0 bridgehead atoms. The fourth-order valence-electron chi connectivity index (χ4n) is 4.51. The molecule has 1 saturated carbocycles. The topological polar surface area (TPSA) is 74.8 Å². The molecule has 1 atom stereocenters. The van der Waals surface area contributed by atoms with Gasteiger partial charge < -0.3 is 9.88 Å². The molecule has 144 valence electrons. The Morgan fingerprint density at radius 2 is 1.89 bits per heavy atom. The number of amides is 1. The summed E-state index contributed by atoms with van der Waals surface area (Å²) in [6, 6.07) is 0. The quantitative estimate of drug-likeness (QED) is 0.876. The minimum absolute atomic E-state index is 0.367. The fourth-order valence-corrected chi connectivity index (χ4v) is 4.51. The lowest BCUT2D eigenvalue weighted by atomic mass is 9.86. The number of nitrogens with one attached hydrogen (secondary N) is 1. The van der Waals surface area contributed by atoms with E-state index in [0.29, 0.717) is 17.7 Å². The monoisotopic (exact) mass is 367 g/mol. The van der Waals surface area contributed by atoms with Crippen LogP contribution >= 0.6 is 0 Å². The summed E-state index contributed by atoms with van der Waals surface area (Å²) in [5.41, 5.74) is 1.76. The molecule has 2 aliphatic rings. The number of hydrogen-bond donors (Lipinski definition) is 1. The number of hydrogen-bond acceptors (Lipinski definition) is 4. The SMILES string of the molecule is O=C(CC1CCCCC1)N1CCCC(Cc2cnc(-c3ncc[nH]3)cn2)C1. The van der Waals surface area contributed by atoms with E-state index in [2.05, 4.69) is 24.8 Å². The van der Waals surface area contributed by atoms with Gasteiger partial charge >= 0.3 is 0 Å². The Morgan fingerprint density at radius 1 is 1.04 bits per heavy atom. The first-order chi connectivity index (χ1) is 13.3. The van der Waals surface area contributed by atoms with E-state index < -0.39 is 0 Å². The first-order valence-corrected chi connectivity index (χ1v) is 10.4. The van der Waals surface area contributed by atoms with Crippen LogP contribution in [0, 0.1) is 11.8 Å². The van der Waals surface area contributed by atoms with Crippen LogP contribution in [0.3, 0.4) is 0 Å². The van der Waals surface area contributed by atoms with Crippen molar-refractivity contribution >= 4 is 5.91 Å². The highest BCUT2D eigenvalue weighted by Crippen LogP contribution is 2.28. The molecular formula is C21H29N5O. The van der Waals surface area contributed by atoms with Gasteiger partial charge in [-0.3, -0.25) is 9.78 Å². The van der Waals surface area contributed by atoms with Gasteiger partial charge in [-0.2, -0.15) is 0 Å². The van der Waals surface area contributed by atoms with Crippen LogP contribution in [0.4, 0.5) is 0 Å². The molecule has 2 aromatic rings. The van der Waals surface area contributed by atoms with Crippen molar-refractivity contribution in [2.75, 3.05) is 13.1 Å². The van der Waals surface area contributed by atoms with Crippen LogP contribution in [0.1, 0.15) is 57.1 Å². The largest absolute Gasteiger partial charge is 0.343 e. The molecule has 1 aliphatic heterocycles. The fraction of sp³-hybridized carbons (Fsp3) is 0.619. The van der Waals surface area contributed by atoms with Gasteiger partial charge in [0.05, 0.1) is 11.9 Å². The van der Waals surface area contributed by atoms with Gasteiger partial charge in [-0.1, -0.05) is 19.3 Å². The Balaban J connectivity index is 1.30. The van der Waals surface area contributed by atoms with E-state index in [1.54, 1.807) is 18.6 Å². The maximum Gasteiger partial charge on any atom is 0.222 e. The van der Waals surface area contributed by atoms with Gasteiger partial charge in [-0.25, -0.2) is 9.97 Å². The summed E-state index contributed by atoms with van der Waals surface area (Å²) in [6.45, 7) is 1.79. The van der Waals surface area contributed by atoms with Gasteiger partial charge in [0.25, 0.3) is 0 Å². The zero-order chi connectivity index (χ0) is 18.5. The predicted octanol–water partition coefficient (Wildman–Crippen LogP) is 3.62. The highest BCUT2D eigenvalue weighted by atomic mass is 16.2. The van der Waals surface area contributed by atoms with Crippen molar-refractivity contribution in [1.29, 1.82) is 0 Å². The van der Waals surface area contributed by atoms with Crippen molar-refractivity contribution in [2.24, 2.45) is 11.8 Å². The third kappa shape index (κ3) is 4.73. The Labute approximate surface area is 160 Å². The Bertz CT molecular complexity index is 722. The summed E-state index contributed by atoms with van der Waals surface area (Å²) < 4.78 is 0. The molecule has 2 aromatic heterocycles. The molecule has 1 unspecified atom stereocenters. The maximum atomic E-state index is 12.7. The lowest BCUT2D eigenvalue weighted by molar-refractivity contribution is -0.134. The van der Waals surface area contributed by atoms with Crippen molar-refractivity contribution in [1.82, 2.24) is 24.8 Å². The van der Waals surface area contributed by atoms with E-state index >= 15 is 0 Å². The Morgan fingerprint density at radius 3 is 2.63 bits per heavy atom. The first kappa shape index (κ1) is 18.1. The molecule has 6 nitrogen and oxygen atoms in total. The number of imidazole rings is 1. The zero-order valence-corrected chi connectivity index (χ0v) is 15.9. The van der Waals surface area contributed by atoms with E-state index in [-0.39, 0.29) is 0 Å². The lowest BCUT2D eigenvalue weighted by Gasteiger charge is -2.34. The smallest absolute Gasteiger partial charge is 0.222 e. The van der Waals surface area contributed by atoms with Gasteiger partial charge in [0.15, 0.2) is 5.82 Å². The summed E-state index contributed by atoms with van der Waals surface area (Å²) in [5, 5.41) is 0. The summed E-state index contributed by atoms with van der Waals surface area (Å²) in [6.07, 6.45) is 17.4. The van der Waals surface area contributed by atoms with Crippen molar-refractivity contribution in [3.8, 4) is 11.5 Å². The van der Waals surface area contributed by atoms with Crippen LogP contribution < -0.4 is 0 Å². The van der Waals surface area contributed by atoms with Gasteiger partial charge in [0, 0.05) is 38.1 Å². The Hall–Kier alpha value is -2.24. The number of likely N-dealkylation sites (tertiary alicyclic amines) is 1. The number of piperidine rings is 1. The van der Waals surface area contributed by atoms with E-state index in [9.17, 15) is 4.79 Å². The van der Waals surface area contributed by atoms with Crippen LogP contribution in [0.2, 0.25) is 0 Å². The first-order valence-electron chi connectivity index (χ1n) is 10.4. The number of carbonyl (C=O) groups excluding carboxylic acids is 1. The minimum Gasteiger partial charge on any atom is -0.343 e. The molecule has 1 amide bonds. The van der Waals surface area contributed by atoms with E-state index in [1.165, 1.54) is 32.1 Å². The highest BCUT2D eigenvalue weighted by Gasteiger charge is 2.26. The van der Waals surface area contributed by atoms with Crippen molar-refractivity contribution in [3.63, 3.8) is 0 Å². The average Bonchev–Trinajstić information content (AvgIpc) is 3.24. The summed E-state index contributed by atoms with van der Waals surface area (Å²) >= 11 is 0. The summed E-state index contributed by atoms with van der Waals surface area (Å²) in [7, 11) is 0. The third-order valence-corrected chi connectivity index (χ3v) is 6.00. The van der Waals surface area contributed by atoms with Crippen LogP contribution in [0.15, 0.2) is 24.8 Å². The van der Waals surface area contributed by atoms with E-state index in [0.717, 1.165) is 56.0 Å². The van der Waals surface area contributed by atoms with Crippen LogP contribution in [-0.4, -0.2) is 43.8 Å². The van der Waals surface area contributed by atoms with Crippen molar-refractivity contribution in [2.45, 2.75) is 57.8 Å². The van der Waals surface area contributed by atoms with Crippen LogP contribution in [0.5, 0.6) is 0 Å². The highest BCUT2D eigenvalue weighted by molar-refractivity contribution is 5.76. The number of aromatic nitrogens is 4. The minimum atomic E-state index is 0.367. The number of aromatic amines is 1. The number of carbonyl (C=O) groups is 1. The molecule has 1 aliphatic carbocycles. The van der Waals surface area contributed by atoms with Crippen molar-refractivity contribution in [3.05, 3.63) is 30.5 Å². The standard InChI is InChI=1S/C21H29N5O/c27-20(12-16-5-2-1-3-6-16)26-10-4-7-17(15-26)11-18-13-25-19(14-24-18)21-22-8-9-23-21/h8-9,13-14,16-17H,1-7,10-12,15H2,(H,22,23). The van der Waals surface area contributed by atoms with E-state index in [1.807, 2.05) is 6.20 Å². The summed E-state index contributed by atoms with van der Waals surface area (Å²) in [5.74, 6) is 2.21. The molecule has 1 N–H and O–H groups in total. The lowest BCUT2D eigenvalue weighted by Crippen LogP contribution is -2.41. The molecule has 0 radical (unpaired) electrons. The molecule has 0 aromatic carbocycles. The molecule has 6 heteroatoms. The van der Waals surface area contributed by atoms with E-state index in [4.69, 9.17) is 0 Å². The molecule has 0 spiro atoms. The van der Waals surface area contributed by atoms with Gasteiger partial charge in [-0.15, -0.1) is 0 Å². The van der Waals surface area contributed by atoms with Gasteiger partial charge in [0.1, 0.15) is 5.69 Å². The molecule has 4 rings (SSSR count). The maximum absolute atomic E-state index is 12.7. The van der Waals surface area contributed by atoms with Crippen LogP contribution in [0.25, 0.3) is 11.5 Å². The molecular weight excluding hydrogens is 338 g/mol. The van der Waals surface area contributed by atoms with Gasteiger partial charge in [0.2, 0.25) is 5.91 Å². The number of nitrogens with zero attached hydrogens (tertiary/aromatic N) is 4. The average molecular weight is 367 g/mol. The third-order valence-electron chi connectivity index (χ3n) is 6.00. The van der Waals surface area contributed by atoms with Crippen LogP contribution in [-0.2, 0) is 11.2 Å². The molecule has 1 saturated heterocycles. The molecule has 3 heterocycles. The summed E-state index contributed by atoms with van der Waals surface area (Å²) in [4.78, 5) is 31.1. The number of rotatable bonds is 5. The second-order valence-corrected chi connectivity index (χ2v) is 8.09. The normalized spacial score (nSPS) is 21.3. The van der Waals surface area contributed by atoms with Gasteiger partial charge in [-0.05, 0) is 43.9 Å². The predicted molar refractivity (Wildman–Crippen MR) is 104 cm³/mol. The second kappa shape index (κ2) is 8.63. The van der Waals surface area contributed by atoms with Crippen molar-refractivity contribution < 1.29 is 4.79 Å². The second-order valence-electron chi connectivity index (χ2n) is 8.09. The molecule has 2 fully saturated rings. The Kier molecular flexibility index (Phi) is 5.80.